The van der Waals surface area contributed by atoms with E-state index in [1.54, 1.807) is 6.08 Å². The lowest BCUT2D eigenvalue weighted by Crippen LogP contribution is -2.60. The predicted molar refractivity (Wildman–Crippen MR) is 338 cm³/mol. The van der Waals surface area contributed by atoms with Crippen molar-refractivity contribution < 1.29 is 49.3 Å². The van der Waals surface area contributed by atoms with Crippen molar-refractivity contribution in [2.75, 3.05) is 19.8 Å². The minimum Gasteiger partial charge on any atom is -0.466 e. The lowest BCUT2D eigenvalue weighted by molar-refractivity contribution is -0.302. The molecule has 1 amide bonds. The minimum atomic E-state index is -1.58. The monoisotopic (exact) mass is 1150 g/mol. The first kappa shape index (κ1) is 76.9. The van der Waals surface area contributed by atoms with E-state index in [-0.39, 0.29) is 18.5 Å². The molecular formula is C70H131NO10. The van der Waals surface area contributed by atoms with E-state index in [2.05, 4.69) is 43.5 Å². The largest absolute Gasteiger partial charge is 0.466 e. The summed E-state index contributed by atoms with van der Waals surface area (Å²) in [5.41, 5.74) is 0. The summed E-state index contributed by atoms with van der Waals surface area (Å²) in [4.78, 5) is 25.1. The van der Waals surface area contributed by atoms with Crippen LogP contribution in [0.2, 0.25) is 0 Å². The van der Waals surface area contributed by atoms with Crippen molar-refractivity contribution in [3.05, 3.63) is 36.5 Å². The van der Waals surface area contributed by atoms with Crippen LogP contribution >= 0.6 is 0 Å². The third-order valence-electron chi connectivity index (χ3n) is 16.5. The van der Waals surface area contributed by atoms with Gasteiger partial charge in [-0.3, -0.25) is 9.59 Å². The van der Waals surface area contributed by atoms with Gasteiger partial charge in [-0.15, -0.1) is 0 Å². The van der Waals surface area contributed by atoms with Crippen LogP contribution in [0.4, 0.5) is 0 Å². The fourth-order valence-electron chi connectivity index (χ4n) is 11.0. The Morgan fingerprint density at radius 3 is 1.22 bits per heavy atom. The molecule has 7 atom stereocenters. The van der Waals surface area contributed by atoms with Gasteiger partial charge in [-0.2, -0.15) is 0 Å². The van der Waals surface area contributed by atoms with Gasteiger partial charge in [0.2, 0.25) is 5.91 Å². The van der Waals surface area contributed by atoms with Crippen molar-refractivity contribution in [1.82, 2.24) is 5.32 Å². The summed E-state index contributed by atoms with van der Waals surface area (Å²) in [5.74, 6) is -0.183. The molecule has 0 radical (unpaired) electrons. The van der Waals surface area contributed by atoms with Crippen LogP contribution in [0.3, 0.4) is 0 Å². The maximum absolute atomic E-state index is 13.1. The lowest BCUT2D eigenvalue weighted by atomic mass is 9.99. The molecular weight excluding hydrogens is 1010 g/mol. The molecule has 1 saturated heterocycles. The van der Waals surface area contributed by atoms with Crippen molar-refractivity contribution in [2.45, 2.75) is 378 Å². The van der Waals surface area contributed by atoms with Crippen LogP contribution in [-0.2, 0) is 23.8 Å². The molecule has 0 spiro atoms. The standard InChI is InChI=1S/C70H131NO10/c1-3-5-7-9-11-13-15-33-37-40-44-48-52-56-63(73)62(61-80-70-69(78)68(77)67(76)64(60-72)81-70)71-65(74)57-53-49-45-41-38-34-31-29-27-25-23-21-19-17-16-18-20-22-24-26-28-30-32-35-39-43-47-51-55-59-79-66(75)58-54-50-46-42-36-14-12-10-8-6-4-2/h16,18,37,40,52,56,62-64,67-70,72-73,76-78H,3-15,17,19-36,38-39,41-51,53-55,57-61H2,1-2H3,(H,71,74)/b18-16-,40-37+,56-52+. The number of amides is 1. The Labute approximate surface area is 498 Å². The number of hydrogen-bond acceptors (Lipinski definition) is 10. The van der Waals surface area contributed by atoms with E-state index in [1.165, 1.54) is 250 Å². The molecule has 1 aliphatic heterocycles. The van der Waals surface area contributed by atoms with Crippen LogP contribution in [0.5, 0.6) is 0 Å². The number of esters is 1. The second-order valence-electron chi connectivity index (χ2n) is 24.2. The first-order valence-corrected chi connectivity index (χ1v) is 34.8. The Morgan fingerprint density at radius 1 is 0.444 bits per heavy atom. The van der Waals surface area contributed by atoms with Gasteiger partial charge in [0.1, 0.15) is 24.4 Å². The van der Waals surface area contributed by atoms with Crippen molar-refractivity contribution in [3.8, 4) is 0 Å². The Balaban J connectivity index is 1.99. The normalized spacial score (nSPS) is 18.4. The van der Waals surface area contributed by atoms with Crippen LogP contribution in [0.1, 0.15) is 335 Å². The minimum absolute atomic E-state index is 0.00744. The van der Waals surface area contributed by atoms with Gasteiger partial charge in [-0.25, -0.2) is 0 Å². The van der Waals surface area contributed by atoms with Crippen molar-refractivity contribution in [3.63, 3.8) is 0 Å². The van der Waals surface area contributed by atoms with E-state index in [4.69, 9.17) is 14.2 Å². The quantitative estimate of drug-likeness (QED) is 0.0195. The van der Waals surface area contributed by atoms with Crippen molar-refractivity contribution >= 4 is 11.9 Å². The number of aliphatic hydroxyl groups excluding tert-OH is 5. The summed E-state index contributed by atoms with van der Waals surface area (Å²) in [7, 11) is 0. The summed E-state index contributed by atoms with van der Waals surface area (Å²) in [6.45, 7) is 4.34. The van der Waals surface area contributed by atoms with Gasteiger partial charge in [0, 0.05) is 12.8 Å². The van der Waals surface area contributed by atoms with E-state index < -0.39 is 49.5 Å². The van der Waals surface area contributed by atoms with Gasteiger partial charge in [0.15, 0.2) is 6.29 Å². The zero-order chi connectivity index (χ0) is 58.7. The molecule has 1 rings (SSSR count). The summed E-state index contributed by atoms with van der Waals surface area (Å²) < 4.78 is 16.7. The highest BCUT2D eigenvalue weighted by Gasteiger charge is 2.44. The SMILES string of the molecule is CCCCCCCCC/C=C/CC/C=C/C(O)C(COC1OC(CO)C(O)C(O)C1O)NC(=O)CCCCCCCCCCCCCCC/C=C\CCCCCCCCCCCCCCOC(=O)CCCCCCCCCCCCC. The number of carbonyl (C=O) groups is 2. The van der Waals surface area contributed by atoms with Gasteiger partial charge in [-0.1, -0.05) is 288 Å². The first-order valence-electron chi connectivity index (χ1n) is 34.8. The Bertz CT molecular complexity index is 1440. The van der Waals surface area contributed by atoms with E-state index in [1.807, 2.05) is 6.08 Å². The summed E-state index contributed by atoms with van der Waals surface area (Å²) in [6, 6.07) is -0.827. The van der Waals surface area contributed by atoms with Gasteiger partial charge in [0.05, 0.1) is 32.0 Å². The first-order chi connectivity index (χ1) is 39.7. The van der Waals surface area contributed by atoms with Crippen LogP contribution < -0.4 is 5.32 Å². The zero-order valence-electron chi connectivity index (χ0n) is 52.8. The maximum atomic E-state index is 13.1. The molecule has 1 heterocycles. The smallest absolute Gasteiger partial charge is 0.305 e. The second-order valence-corrected chi connectivity index (χ2v) is 24.2. The third kappa shape index (κ3) is 48.8. The number of ether oxygens (including phenoxy) is 3. The van der Waals surface area contributed by atoms with E-state index >= 15 is 0 Å². The number of aliphatic hydroxyl groups is 5. The predicted octanol–water partition coefficient (Wildman–Crippen LogP) is 17.4. The molecule has 7 unspecified atom stereocenters. The highest BCUT2D eigenvalue weighted by Crippen LogP contribution is 2.23. The summed E-state index contributed by atoms with van der Waals surface area (Å²) in [5, 5.41) is 54.4. The summed E-state index contributed by atoms with van der Waals surface area (Å²) in [6.07, 6.45) is 65.6. The fourth-order valence-corrected chi connectivity index (χ4v) is 11.0. The molecule has 0 saturated carbocycles. The van der Waals surface area contributed by atoms with Crippen molar-refractivity contribution in [2.24, 2.45) is 0 Å². The van der Waals surface area contributed by atoms with E-state index in [0.717, 1.165) is 57.8 Å². The van der Waals surface area contributed by atoms with Crippen LogP contribution in [0.25, 0.3) is 0 Å². The van der Waals surface area contributed by atoms with Gasteiger partial charge >= 0.3 is 5.97 Å². The highest BCUT2D eigenvalue weighted by atomic mass is 16.7. The van der Waals surface area contributed by atoms with Gasteiger partial charge in [-0.05, 0) is 70.6 Å². The lowest BCUT2D eigenvalue weighted by Gasteiger charge is -2.40. The van der Waals surface area contributed by atoms with Crippen LogP contribution in [-0.4, -0.2) is 100 Å². The number of rotatable bonds is 61. The van der Waals surface area contributed by atoms with Crippen molar-refractivity contribution in [1.29, 1.82) is 0 Å². The molecule has 0 bridgehead atoms. The molecule has 476 valence electrons. The molecule has 0 aromatic heterocycles. The zero-order valence-corrected chi connectivity index (χ0v) is 52.8. The summed E-state index contributed by atoms with van der Waals surface area (Å²) >= 11 is 0. The molecule has 0 aliphatic carbocycles. The van der Waals surface area contributed by atoms with E-state index in [9.17, 15) is 35.1 Å². The Kier molecular flexibility index (Phi) is 56.6. The highest BCUT2D eigenvalue weighted by molar-refractivity contribution is 5.76. The molecule has 11 nitrogen and oxygen atoms in total. The molecule has 6 N–H and O–H groups in total. The number of allylic oxidation sites excluding steroid dienone is 5. The van der Waals surface area contributed by atoms with Gasteiger partial charge < -0.3 is 45.1 Å². The number of unbranched alkanes of at least 4 members (excludes halogenated alkanes) is 43. The average molecular weight is 1150 g/mol. The van der Waals surface area contributed by atoms with Crippen LogP contribution in [0.15, 0.2) is 36.5 Å². The average Bonchev–Trinajstić information content (AvgIpc) is 3.47. The maximum Gasteiger partial charge on any atom is 0.305 e. The fraction of sp³-hybridized carbons (Fsp3) is 0.886. The van der Waals surface area contributed by atoms with Crippen LogP contribution in [0, 0.1) is 0 Å². The number of carbonyl (C=O) groups excluding carboxylic acids is 2. The second kappa shape index (κ2) is 59.6. The van der Waals surface area contributed by atoms with Gasteiger partial charge in [0.25, 0.3) is 0 Å². The number of nitrogens with one attached hydrogen (secondary N) is 1. The van der Waals surface area contributed by atoms with E-state index in [0.29, 0.717) is 19.4 Å². The molecule has 0 aromatic rings. The third-order valence-corrected chi connectivity index (χ3v) is 16.5. The topological polar surface area (TPSA) is 175 Å². The molecule has 1 aliphatic rings. The number of hydrogen-bond donors (Lipinski definition) is 6. The molecule has 81 heavy (non-hydrogen) atoms. The molecule has 1 fully saturated rings. The molecule has 0 aromatic carbocycles. The molecule has 11 heteroatoms. The Morgan fingerprint density at radius 2 is 0.802 bits per heavy atom. The Hall–Kier alpha value is -2.12.